The maximum atomic E-state index is 14.8. The van der Waals surface area contributed by atoms with Gasteiger partial charge in [-0.1, -0.05) is 99.1 Å². The van der Waals surface area contributed by atoms with Gasteiger partial charge in [0.05, 0.1) is 40.8 Å². The van der Waals surface area contributed by atoms with Crippen LogP contribution in [0.1, 0.15) is 39.2 Å². The fourth-order valence-electron chi connectivity index (χ4n) is 7.80. The van der Waals surface area contributed by atoms with Crippen molar-refractivity contribution in [1.82, 2.24) is 9.80 Å². The van der Waals surface area contributed by atoms with E-state index in [0.29, 0.717) is 36.6 Å². The molecule has 6 atom stereocenters. The second-order valence-corrected chi connectivity index (χ2v) is 13.2. The van der Waals surface area contributed by atoms with Gasteiger partial charge in [0.1, 0.15) is 11.6 Å². The first kappa shape index (κ1) is 30.6. The molecule has 4 aliphatic heterocycles. The third-order valence-corrected chi connectivity index (χ3v) is 9.99. The van der Waals surface area contributed by atoms with Crippen LogP contribution < -0.4 is 4.90 Å². The molecule has 0 bridgehead atoms. The topological polar surface area (TPSA) is 90.4 Å². The van der Waals surface area contributed by atoms with Gasteiger partial charge in [0.25, 0.3) is 5.91 Å². The molecule has 2 aromatic carbocycles. The summed E-state index contributed by atoms with van der Waals surface area (Å²) in [5.74, 6) is -2.51. The molecule has 8 nitrogen and oxygen atoms in total. The van der Waals surface area contributed by atoms with Gasteiger partial charge in [0.2, 0.25) is 11.8 Å². The highest BCUT2D eigenvalue weighted by molar-refractivity contribution is 6.34. The van der Waals surface area contributed by atoms with E-state index in [0.717, 1.165) is 5.56 Å². The van der Waals surface area contributed by atoms with Gasteiger partial charge in [0, 0.05) is 19.6 Å². The lowest BCUT2D eigenvalue weighted by Gasteiger charge is -2.41. The molecule has 0 radical (unpaired) electrons. The normalized spacial score (nSPS) is 30.4. The van der Waals surface area contributed by atoms with Gasteiger partial charge in [-0.2, -0.15) is 0 Å². The molecule has 44 heavy (non-hydrogen) atoms. The minimum absolute atomic E-state index is 0.145. The van der Waals surface area contributed by atoms with Crippen molar-refractivity contribution in [2.75, 3.05) is 24.6 Å². The molecule has 3 amide bonds. The summed E-state index contributed by atoms with van der Waals surface area (Å²) in [4.78, 5) is 49.2. The SMILES string of the molecule is CC[C@@]12C=CCN(Cc3ccccc3)C(=O)[C@@H]1[C@H]1C(=O)N([C@@H](CO)CC(C)C)C3C(=O)N(c4ccccc4Cl)CC=C[C@@]31O2. The van der Waals surface area contributed by atoms with Crippen molar-refractivity contribution in [3.8, 4) is 0 Å². The number of hydrogen-bond acceptors (Lipinski definition) is 5. The summed E-state index contributed by atoms with van der Waals surface area (Å²) in [5, 5.41) is 11.0. The van der Waals surface area contributed by atoms with Crippen LogP contribution in [-0.2, 0) is 25.7 Å². The quantitative estimate of drug-likeness (QED) is 0.437. The van der Waals surface area contributed by atoms with E-state index in [1.165, 1.54) is 4.90 Å². The van der Waals surface area contributed by atoms with Crippen LogP contribution in [0.5, 0.6) is 0 Å². The highest BCUT2D eigenvalue weighted by Gasteiger charge is 2.76. The molecule has 2 aromatic rings. The summed E-state index contributed by atoms with van der Waals surface area (Å²) in [6.07, 6.45) is 8.52. The molecule has 0 aliphatic carbocycles. The standard InChI is InChI=1S/C35H40ClN3O5/c1-4-34-16-10-18-37(21-24-12-6-5-7-13-24)31(41)28(34)29-32(42)39(25(22-40)20-23(2)3)30-33(43)38(19-11-17-35(29,30)44-34)27-15-9-8-14-26(27)36/h5-17,23,25,28-30,40H,4,18-22H2,1-3H3/t25-,28+,29+,30?,34-,35+/m1/s1. The molecule has 232 valence electrons. The molecule has 1 unspecified atom stereocenters. The van der Waals surface area contributed by atoms with Crippen LogP contribution >= 0.6 is 11.6 Å². The Morgan fingerprint density at radius 2 is 1.64 bits per heavy atom. The van der Waals surface area contributed by atoms with Crippen LogP contribution in [0.15, 0.2) is 78.9 Å². The van der Waals surface area contributed by atoms with Crippen LogP contribution in [0.3, 0.4) is 0 Å². The predicted octanol–water partition coefficient (Wildman–Crippen LogP) is 4.61. The molecule has 4 heterocycles. The molecule has 1 N–H and O–H groups in total. The van der Waals surface area contributed by atoms with Crippen molar-refractivity contribution in [2.24, 2.45) is 17.8 Å². The van der Waals surface area contributed by atoms with E-state index in [1.807, 2.05) is 81.5 Å². The number of likely N-dealkylation sites (tertiary alicyclic amines) is 1. The molecule has 2 saturated heterocycles. The minimum atomic E-state index is -1.41. The second kappa shape index (κ2) is 11.8. The highest BCUT2D eigenvalue weighted by Crippen LogP contribution is 2.59. The third kappa shape index (κ3) is 4.78. The first-order valence-electron chi connectivity index (χ1n) is 15.5. The number of carbonyl (C=O) groups excluding carboxylic acids is 3. The Balaban J connectivity index is 1.49. The number of anilines is 1. The van der Waals surface area contributed by atoms with Gasteiger partial charge in [-0.15, -0.1) is 0 Å². The Morgan fingerprint density at radius 1 is 0.932 bits per heavy atom. The summed E-state index contributed by atoms with van der Waals surface area (Å²) in [6.45, 7) is 6.68. The average molecular weight is 618 g/mol. The van der Waals surface area contributed by atoms with Gasteiger partial charge in [0.15, 0.2) is 0 Å². The van der Waals surface area contributed by atoms with Crippen molar-refractivity contribution in [3.05, 3.63) is 89.5 Å². The maximum Gasteiger partial charge on any atom is 0.253 e. The van der Waals surface area contributed by atoms with E-state index < -0.39 is 35.1 Å². The van der Waals surface area contributed by atoms with Gasteiger partial charge in [-0.25, -0.2) is 0 Å². The van der Waals surface area contributed by atoms with Crippen LogP contribution in [0.25, 0.3) is 0 Å². The Morgan fingerprint density at radius 3 is 2.32 bits per heavy atom. The zero-order chi connectivity index (χ0) is 31.2. The van der Waals surface area contributed by atoms with Crippen LogP contribution in [0.2, 0.25) is 5.02 Å². The fourth-order valence-corrected chi connectivity index (χ4v) is 8.03. The molecular weight excluding hydrogens is 578 g/mol. The Labute approximate surface area is 263 Å². The molecule has 1 spiro atoms. The van der Waals surface area contributed by atoms with E-state index in [4.69, 9.17) is 16.3 Å². The first-order chi connectivity index (χ1) is 21.2. The fraction of sp³-hybridized carbons (Fsp3) is 0.457. The van der Waals surface area contributed by atoms with E-state index >= 15 is 0 Å². The lowest BCUT2D eigenvalue weighted by molar-refractivity contribution is -0.153. The molecular formula is C35H40ClN3O5. The number of fused-ring (bicyclic) bond motifs is 2. The number of aliphatic hydroxyl groups is 1. The highest BCUT2D eigenvalue weighted by atomic mass is 35.5. The van der Waals surface area contributed by atoms with Gasteiger partial charge < -0.3 is 24.5 Å². The monoisotopic (exact) mass is 617 g/mol. The number of para-hydroxylation sites is 1. The van der Waals surface area contributed by atoms with Crippen molar-refractivity contribution in [3.63, 3.8) is 0 Å². The Bertz CT molecular complexity index is 1490. The van der Waals surface area contributed by atoms with E-state index in [1.54, 1.807) is 28.0 Å². The number of amides is 3. The van der Waals surface area contributed by atoms with Crippen LogP contribution in [-0.4, -0.2) is 75.6 Å². The summed E-state index contributed by atoms with van der Waals surface area (Å²) < 4.78 is 7.09. The number of aliphatic hydroxyl groups excluding tert-OH is 1. The zero-order valence-corrected chi connectivity index (χ0v) is 26.2. The summed E-state index contributed by atoms with van der Waals surface area (Å²) >= 11 is 6.59. The second-order valence-electron chi connectivity index (χ2n) is 12.7. The average Bonchev–Trinajstić information content (AvgIpc) is 3.32. The molecule has 2 fully saturated rings. The number of ether oxygens (including phenoxy) is 1. The van der Waals surface area contributed by atoms with E-state index in [-0.39, 0.29) is 36.8 Å². The number of halogens is 1. The smallest absolute Gasteiger partial charge is 0.253 e. The van der Waals surface area contributed by atoms with Gasteiger partial charge in [-0.05, 0) is 36.5 Å². The molecule has 6 rings (SSSR count). The van der Waals surface area contributed by atoms with Gasteiger partial charge >= 0.3 is 0 Å². The molecule has 0 saturated carbocycles. The van der Waals surface area contributed by atoms with Gasteiger partial charge in [-0.3, -0.25) is 14.4 Å². The number of nitrogens with zero attached hydrogens (tertiary/aromatic N) is 3. The Kier molecular flexibility index (Phi) is 8.20. The molecule has 4 aliphatic rings. The lowest BCUT2D eigenvalue weighted by Crippen LogP contribution is -2.59. The maximum absolute atomic E-state index is 14.8. The first-order valence-corrected chi connectivity index (χ1v) is 15.9. The summed E-state index contributed by atoms with van der Waals surface area (Å²) in [7, 11) is 0. The third-order valence-electron chi connectivity index (χ3n) is 9.67. The van der Waals surface area contributed by atoms with E-state index in [2.05, 4.69) is 0 Å². The number of rotatable bonds is 8. The number of benzene rings is 2. The zero-order valence-electron chi connectivity index (χ0n) is 25.4. The van der Waals surface area contributed by atoms with Crippen LogP contribution in [0.4, 0.5) is 5.69 Å². The molecule has 9 heteroatoms. The van der Waals surface area contributed by atoms with Crippen LogP contribution in [0, 0.1) is 17.8 Å². The van der Waals surface area contributed by atoms with E-state index in [9.17, 15) is 19.5 Å². The number of hydrogen-bond donors (Lipinski definition) is 1. The number of carbonyl (C=O) groups is 3. The minimum Gasteiger partial charge on any atom is -0.394 e. The lowest BCUT2D eigenvalue weighted by atomic mass is 9.73. The van der Waals surface area contributed by atoms with Crippen molar-refractivity contribution < 1.29 is 24.2 Å². The Hall–Kier alpha value is -3.46. The van der Waals surface area contributed by atoms with Crippen molar-refractivity contribution in [1.29, 1.82) is 0 Å². The molecule has 0 aromatic heterocycles. The van der Waals surface area contributed by atoms with Crippen molar-refractivity contribution >= 4 is 35.0 Å². The predicted molar refractivity (Wildman–Crippen MR) is 169 cm³/mol. The summed E-state index contributed by atoms with van der Waals surface area (Å²) in [6, 6.07) is 15.2. The largest absolute Gasteiger partial charge is 0.394 e. The van der Waals surface area contributed by atoms with Crippen molar-refractivity contribution in [2.45, 2.75) is 63.4 Å². The summed E-state index contributed by atoms with van der Waals surface area (Å²) in [5.41, 5.74) is -0.973.